The van der Waals surface area contributed by atoms with E-state index in [1.165, 1.54) is 4.31 Å². The van der Waals surface area contributed by atoms with E-state index in [0.717, 1.165) is 12.1 Å². The van der Waals surface area contributed by atoms with E-state index in [1.54, 1.807) is 31.2 Å². The number of nitrogens with zero attached hydrogens (tertiary/aromatic N) is 1. The highest BCUT2D eigenvalue weighted by Gasteiger charge is 2.40. The van der Waals surface area contributed by atoms with Crippen molar-refractivity contribution < 1.29 is 27.4 Å². The molecular weight excluding hydrogens is 400 g/mol. The molecule has 1 heterocycles. The summed E-state index contributed by atoms with van der Waals surface area (Å²) in [5, 5.41) is 17.7. The van der Waals surface area contributed by atoms with Gasteiger partial charge < -0.3 is 10.2 Å². The lowest BCUT2D eigenvalue weighted by Gasteiger charge is -2.37. The third-order valence-electron chi connectivity index (χ3n) is 5.57. The Morgan fingerprint density at radius 3 is 2.34 bits per heavy atom. The predicted molar refractivity (Wildman–Crippen MR) is 106 cm³/mol. The summed E-state index contributed by atoms with van der Waals surface area (Å²) >= 11 is 0. The molecule has 3 rings (SSSR count). The number of aliphatic hydroxyl groups excluding tert-OH is 2. The van der Waals surface area contributed by atoms with Crippen LogP contribution in [-0.2, 0) is 16.6 Å². The monoisotopic (exact) mass is 425 g/mol. The predicted octanol–water partition coefficient (Wildman–Crippen LogP) is 3.09. The van der Waals surface area contributed by atoms with E-state index in [1.807, 2.05) is 6.07 Å². The third kappa shape index (κ3) is 4.35. The molecule has 2 N–H and O–H groups in total. The van der Waals surface area contributed by atoms with Crippen LogP contribution in [0.15, 0.2) is 42.5 Å². The summed E-state index contributed by atoms with van der Waals surface area (Å²) in [4.78, 5) is 0. The SMILES string of the molecule is CC1CCC(c2ccccc2)S(=O)(=O)N1Cc1cc(F)c(C(CO)CO)cc1F. The standard InChI is InChI=1S/C21H25F2NO4S/c1-14-7-8-21(15-5-3-2-4-6-15)29(27,28)24(14)11-16-9-20(23)18(10-19(16)22)17(12-25)13-26/h2-6,9-10,14,17,21,25-26H,7-8,11-13H2,1H3. The molecule has 0 saturated carbocycles. The number of benzene rings is 2. The maximum absolute atomic E-state index is 14.7. The van der Waals surface area contributed by atoms with Crippen molar-refractivity contribution in [3.63, 3.8) is 0 Å². The fraction of sp³-hybridized carbons (Fsp3) is 0.429. The van der Waals surface area contributed by atoms with Gasteiger partial charge in [-0.1, -0.05) is 30.3 Å². The number of rotatable bonds is 6. The number of aliphatic hydroxyl groups is 2. The van der Waals surface area contributed by atoms with E-state index in [0.29, 0.717) is 18.4 Å². The van der Waals surface area contributed by atoms with Gasteiger partial charge in [0.1, 0.15) is 16.9 Å². The normalized spacial score (nSPS) is 22.1. The first-order valence-electron chi connectivity index (χ1n) is 9.54. The number of hydrogen-bond acceptors (Lipinski definition) is 4. The first-order valence-corrected chi connectivity index (χ1v) is 11.0. The van der Waals surface area contributed by atoms with Gasteiger partial charge >= 0.3 is 0 Å². The Hall–Kier alpha value is -1.87. The summed E-state index contributed by atoms with van der Waals surface area (Å²) < 4.78 is 56.9. The minimum Gasteiger partial charge on any atom is -0.396 e. The zero-order valence-corrected chi connectivity index (χ0v) is 16.9. The molecule has 1 fully saturated rings. The molecule has 0 amide bonds. The summed E-state index contributed by atoms with van der Waals surface area (Å²) in [7, 11) is -3.77. The van der Waals surface area contributed by atoms with Gasteiger partial charge in [-0.25, -0.2) is 17.2 Å². The van der Waals surface area contributed by atoms with Crippen molar-refractivity contribution in [3.8, 4) is 0 Å². The minimum atomic E-state index is -3.77. The highest BCUT2D eigenvalue weighted by molar-refractivity contribution is 7.89. The van der Waals surface area contributed by atoms with Crippen LogP contribution in [0.2, 0.25) is 0 Å². The Balaban J connectivity index is 1.93. The molecule has 158 valence electrons. The quantitative estimate of drug-likeness (QED) is 0.746. The Morgan fingerprint density at radius 2 is 1.72 bits per heavy atom. The first-order chi connectivity index (χ1) is 13.8. The maximum atomic E-state index is 14.7. The molecule has 2 aromatic carbocycles. The van der Waals surface area contributed by atoms with Crippen LogP contribution in [0.1, 0.15) is 47.6 Å². The summed E-state index contributed by atoms with van der Waals surface area (Å²) in [6.07, 6.45) is 1.08. The van der Waals surface area contributed by atoms with E-state index in [-0.39, 0.29) is 23.7 Å². The average Bonchev–Trinajstić information content (AvgIpc) is 2.69. The molecule has 0 radical (unpaired) electrons. The van der Waals surface area contributed by atoms with Crippen molar-refractivity contribution in [1.29, 1.82) is 0 Å². The van der Waals surface area contributed by atoms with Crippen LogP contribution in [0.4, 0.5) is 8.78 Å². The lowest BCUT2D eigenvalue weighted by Crippen LogP contribution is -2.44. The molecule has 2 aromatic rings. The number of halogens is 2. The van der Waals surface area contributed by atoms with Gasteiger partial charge in [0.25, 0.3) is 0 Å². The molecular formula is C21H25F2NO4S. The first kappa shape index (κ1) is 21.8. The summed E-state index contributed by atoms with van der Waals surface area (Å²) in [6, 6.07) is 10.4. The third-order valence-corrected chi connectivity index (χ3v) is 7.94. The van der Waals surface area contributed by atoms with Crippen LogP contribution in [0.5, 0.6) is 0 Å². The van der Waals surface area contributed by atoms with Crippen LogP contribution in [-0.4, -0.2) is 42.2 Å². The van der Waals surface area contributed by atoms with Gasteiger partial charge in [-0.2, -0.15) is 4.31 Å². The smallest absolute Gasteiger partial charge is 0.221 e. The molecule has 1 aliphatic heterocycles. The number of sulfonamides is 1. The van der Waals surface area contributed by atoms with Gasteiger partial charge in [-0.05, 0) is 43.0 Å². The second-order valence-electron chi connectivity index (χ2n) is 7.44. The summed E-state index contributed by atoms with van der Waals surface area (Å²) in [5.74, 6) is -2.48. The Bertz CT molecular complexity index is 949. The second kappa shape index (κ2) is 8.87. The van der Waals surface area contributed by atoms with Crippen molar-refractivity contribution in [1.82, 2.24) is 4.31 Å². The lowest BCUT2D eigenvalue weighted by molar-refractivity contribution is 0.190. The highest BCUT2D eigenvalue weighted by Crippen LogP contribution is 2.38. The Labute approximate surface area is 169 Å². The van der Waals surface area contributed by atoms with Gasteiger partial charge in [-0.15, -0.1) is 0 Å². The molecule has 1 saturated heterocycles. The molecule has 0 bridgehead atoms. The van der Waals surface area contributed by atoms with Gasteiger partial charge in [0.15, 0.2) is 0 Å². The Morgan fingerprint density at radius 1 is 1.07 bits per heavy atom. The van der Waals surface area contributed by atoms with Crippen molar-refractivity contribution in [2.45, 2.75) is 43.5 Å². The molecule has 0 aliphatic carbocycles. The zero-order chi connectivity index (χ0) is 21.2. The lowest BCUT2D eigenvalue weighted by atomic mass is 9.98. The molecule has 29 heavy (non-hydrogen) atoms. The maximum Gasteiger partial charge on any atom is 0.221 e. The molecule has 0 spiro atoms. The van der Waals surface area contributed by atoms with E-state index in [4.69, 9.17) is 0 Å². The second-order valence-corrected chi connectivity index (χ2v) is 9.51. The van der Waals surface area contributed by atoms with Crippen LogP contribution in [0.3, 0.4) is 0 Å². The van der Waals surface area contributed by atoms with Crippen LogP contribution in [0, 0.1) is 11.6 Å². The zero-order valence-electron chi connectivity index (χ0n) is 16.1. The van der Waals surface area contributed by atoms with Crippen LogP contribution >= 0.6 is 0 Å². The molecule has 5 nitrogen and oxygen atoms in total. The van der Waals surface area contributed by atoms with Crippen molar-refractivity contribution >= 4 is 10.0 Å². The fourth-order valence-electron chi connectivity index (χ4n) is 3.81. The molecule has 0 aromatic heterocycles. The summed E-state index contributed by atoms with van der Waals surface area (Å²) in [5.41, 5.74) is 0.470. The van der Waals surface area contributed by atoms with E-state index in [2.05, 4.69) is 0 Å². The van der Waals surface area contributed by atoms with Crippen molar-refractivity contribution in [3.05, 3.63) is 70.8 Å². The average molecular weight is 425 g/mol. The van der Waals surface area contributed by atoms with E-state index < -0.39 is 46.0 Å². The Kier molecular flexibility index (Phi) is 6.68. The van der Waals surface area contributed by atoms with Gasteiger partial charge in [-0.3, -0.25) is 0 Å². The number of hydrogen-bond donors (Lipinski definition) is 2. The molecule has 1 aliphatic rings. The van der Waals surface area contributed by atoms with E-state index in [9.17, 15) is 27.4 Å². The molecule has 8 heteroatoms. The van der Waals surface area contributed by atoms with Crippen LogP contribution < -0.4 is 0 Å². The van der Waals surface area contributed by atoms with Gasteiger partial charge in [0, 0.05) is 24.1 Å². The van der Waals surface area contributed by atoms with Crippen LogP contribution in [0.25, 0.3) is 0 Å². The van der Waals surface area contributed by atoms with Crippen molar-refractivity contribution in [2.75, 3.05) is 13.2 Å². The largest absolute Gasteiger partial charge is 0.396 e. The van der Waals surface area contributed by atoms with E-state index >= 15 is 0 Å². The van der Waals surface area contributed by atoms with Crippen molar-refractivity contribution in [2.24, 2.45) is 0 Å². The van der Waals surface area contributed by atoms with Gasteiger partial charge in [0.2, 0.25) is 10.0 Å². The molecule has 2 unspecified atom stereocenters. The highest BCUT2D eigenvalue weighted by atomic mass is 32.2. The topological polar surface area (TPSA) is 77.8 Å². The fourth-order valence-corrected chi connectivity index (χ4v) is 6.00. The van der Waals surface area contributed by atoms with Gasteiger partial charge in [0.05, 0.1) is 13.2 Å². The summed E-state index contributed by atoms with van der Waals surface area (Å²) in [6.45, 7) is 0.429. The molecule has 2 atom stereocenters. The minimum absolute atomic E-state index is 0.0787.